The van der Waals surface area contributed by atoms with E-state index in [1.54, 1.807) is 43.3 Å². The summed E-state index contributed by atoms with van der Waals surface area (Å²) in [5.41, 5.74) is 3.13. The molecule has 3 aromatic rings. The van der Waals surface area contributed by atoms with Crippen LogP contribution in [0, 0.1) is 13.8 Å². The van der Waals surface area contributed by atoms with Gasteiger partial charge in [0.25, 0.3) is 10.0 Å². The van der Waals surface area contributed by atoms with Crippen molar-refractivity contribution in [2.75, 3.05) is 17.5 Å². The van der Waals surface area contributed by atoms with Crippen molar-refractivity contribution in [3.63, 3.8) is 0 Å². The van der Waals surface area contributed by atoms with Crippen LogP contribution in [-0.4, -0.2) is 50.4 Å². The molecule has 9 heteroatoms. The van der Waals surface area contributed by atoms with E-state index in [1.165, 1.54) is 17.0 Å². The number of carbonyl (C=O) groups excluding carboxylic acids is 2. The Morgan fingerprint density at radius 3 is 1.95 bits per heavy atom. The van der Waals surface area contributed by atoms with E-state index in [2.05, 4.69) is 5.32 Å². The van der Waals surface area contributed by atoms with Gasteiger partial charge in [0.05, 0.1) is 17.2 Å². The molecule has 0 aliphatic rings. The van der Waals surface area contributed by atoms with Crippen LogP contribution in [0.3, 0.4) is 0 Å². The number of sulfonamides is 1. The molecule has 0 fully saturated rings. The maximum absolute atomic E-state index is 14.0. The van der Waals surface area contributed by atoms with Crippen molar-refractivity contribution >= 4 is 27.5 Å². The minimum atomic E-state index is -4.13. The van der Waals surface area contributed by atoms with Gasteiger partial charge in [-0.3, -0.25) is 13.9 Å². The number of ether oxygens (including phenoxy) is 1. The van der Waals surface area contributed by atoms with Crippen LogP contribution in [0.25, 0.3) is 0 Å². The SMILES string of the molecule is CCOc1ccc(N(CC(=O)N(Cc2ccc(C)cc2)C(C)C(=O)NC(C)CC)S(=O)(=O)c2ccc(C)cc2)cc1. The molecule has 0 heterocycles. The van der Waals surface area contributed by atoms with Crippen LogP contribution in [0.4, 0.5) is 5.69 Å². The van der Waals surface area contributed by atoms with E-state index >= 15 is 0 Å². The number of aryl methyl sites for hydroxylation is 2. The van der Waals surface area contributed by atoms with Gasteiger partial charge in [-0.05, 0) is 83.0 Å². The minimum absolute atomic E-state index is 0.0662. The molecule has 2 unspecified atom stereocenters. The van der Waals surface area contributed by atoms with Gasteiger partial charge in [-0.1, -0.05) is 54.4 Å². The second-order valence-electron chi connectivity index (χ2n) is 10.3. The van der Waals surface area contributed by atoms with E-state index in [1.807, 2.05) is 58.9 Å². The van der Waals surface area contributed by atoms with Crippen molar-refractivity contribution in [1.29, 1.82) is 0 Å². The normalized spacial score (nSPS) is 12.7. The van der Waals surface area contributed by atoms with Gasteiger partial charge in [0, 0.05) is 12.6 Å². The second-order valence-corrected chi connectivity index (χ2v) is 12.1. The first kappa shape index (κ1) is 31.7. The third-order valence-electron chi connectivity index (χ3n) is 6.97. The van der Waals surface area contributed by atoms with Gasteiger partial charge in [-0.25, -0.2) is 8.42 Å². The van der Waals surface area contributed by atoms with E-state index in [9.17, 15) is 18.0 Å². The molecule has 3 rings (SSSR count). The zero-order chi connectivity index (χ0) is 30.2. The molecular formula is C32H41N3O5S. The molecule has 0 aromatic heterocycles. The fourth-order valence-electron chi connectivity index (χ4n) is 4.18. The third kappa shape index (κ3) is 8.33. The van der Waals surface area contributed by atoms with Crippen molar-refractivity contribution in [3.8, 4) is 5.75 Å². The van der Waals surface area contributed by atoms with Crippen LogP contribution in [0.1, 0.15) is 50.8 Å². The van der Waals surface area contributed by atoms with Gasteiger partial charge in [0.1, 0.15) is 18.3 Å². The van der Waals surface area contributed by atoms with Crippen molar-refractivity contribution < 1.29 is 22.7 Å². The molecule has 0 radical (unpaired) electrons. The summed E-state index contributed by atoms with van der Waals surface area (Å²) >= 11 is 0. The van der Waals surface area contributed by atoms with E-state index in [0.717, 1.165) is 27.4 Å². The number of rotatable bonds is 13. The Labute approximate surface area is 244 Å². The summed E-state index contributed by atoms with van der Waals surface area (Å²) in [5.74, 6) is -0.206. The first-order valence-corrected chi connectivity index (χ1v) is 15.4. The summed E-state index contributed by atoms with van der Waals surface area (Å²) in [4.78, 5) is 28.7. The van der Waals surface area contributed by atoms with Crippen molar-refractivity contribution in [3.05, 3.63) is 89.5 Å². The summed E-state index contributed by atoms with van der Waals surface area (Å²) in [6, 6.07) is 19.9. The molecule has 0 saturated carbocycles. The van der Waals surface area contributed by atoms with Crippen LogP contribution < -0.4 is 14.4 Å². The Bertz CT molecular complexity index is 1410. The second kappa shape index (κ2) is 14.2. The molecule has 0 spiro atoms. The molecule has 220 valence electrons. The Hall–Kier alpha value is -3.85. The van der Waals surface area contributed by atoms with E-state index in [-0.39, 0.29) is 23.4 Å². The number of benzene rings is 3. The average molecular weight is 580 g/mol. The molecule has 3 aromatic carbocycles. The Morgan fingerprint density at radius 1 is 0.854 bits per heavy atom. The number of nitrogens with zero attached hydrogens (tertiary/aromatic N) is 2. The van der Waals surface area contributed by atoms with Gasteiger partial charge < -0.3 is 15.0 Å². The number of hydrogen-bond acceptors (Lipinski definition) is 5. The quantitative estimate of drug-likeness (QED) is 0.299. The van der Waals surface area contributed by atoms with Crippen LogP contribution in [-0.2, 0) is 26.2 Å². The standard InChI is InChI=1S/C32H41N3O5S/c1-7-25(5)33-32(37)26(6)34(21-27-13-9-23(3)10-14-27)31(36)22-35(28-15-17-29(18-16-28)40-8-2)41(38,39)30-19-11-24(4)12-20-30/h9-20,25-26H,7-8,21-22H2,1-6H3,(H,33,37). The lowest BCUT2D eigenvalue weighted by Gasteiger charge is -2.32. The first-order chi connectivity index (χ1) is 19.5. The molecule has 0 bridgehead atoms. The fraction of sp³-hybridized carbons (Fsp3) is 0.375. The van der Waals surface area contributed by atoms with Crippen molar-refractivity contribution in [1.82, 2.24) is 10.2 Å². The van der Waals surface area contributed by atoms with Crippen molar-refractivity contribution in [2.45, 2.75) is 71.5 Å². The van der Waals surface area contributed by atoms with Crippen LogP contribution in [0.5, 0.6) is 5.75 Å². The smallest absolute Gasteiger partial charge is 0.264 e. The molecule has 0 aliphatic heterocycles. The third-order valence-corrected chi connectivity index (χ3v) is 8.75. The van der Waals surface area contributed by atoms with E-state index < -0.39 is 28.5 Å². The average Bonchev–Trinajstić information content (AvgIpc) is 2.95. The maximum atomic E-state index is 14.0. The molecule has 2 amide bonds. The largest absolute Gasteiger partial charge is 0.494 e. The number of carbonyl (C=O) groups is 2. The highest BCUT2D eigenvalue weighted by molar-refractivity contribution is 7.92. The number of nitrogens with one attached hydrogen (secondary N) is 1. The van der Waals surface area contributed by atoms with E-state index in [0.29, 0.717) is 18.0 Å². The minimum Gasteiger partial charge on any atom is -0.494 e. The van der Waals surface area contributed by atoms with Gasteiger partial charge in [-0.2, -0.15) is 0 Å². The zero-order valence-electron chi connectivity index (χ0n) is 24.8. The molecule has 2 atom stereocenters. The zero-order valence-corrected chi connectivity index (χ0v) is 25.6. The van der Waals surface area contributed by atoms with Crippen LogP contribution in [0.2, 0.25) is 0 Å². The summed E-state index contributed by atoms with van der Waals surface area (Å²) in [6.07, 6.45) is 0.741. The highest BCUT2D eigenvalue weighted by Gasteiger charge is 2.32. The molecule has 1 N–H and O–H groups in total. The molecule has 0 aliphatic carbocycles. The Kier molecular flexibility index (Phi) is 10.9. The Balaban J connectivity index is 2.02. The maximum Gasteiger partial charge on any atom is 0.264 e. The topological polar surface area (TPSA) is 96.0 Å². The summed E-state index contributed by atoms with van der Waals surface area (Å²) < 4.78 is 34.5. The highest BCUT2D eigenvalue weighted by Crippen LogP contribution is 2.27. The molecule has 8 nitrogen and oxygen atoms in total. The summed E-state index contributed by atoms with van der Waals surface area (Å²) in [5, 5.41) is 2.95. The molecule has 41 heavy (non-hydrogen) atoms. The summed E-state index contributed by atoms with van der Waals surface area (Å²) in [6.45, 7) is 11.4. The predicted molar refractivity (Wildman–Crippen MR) is 162 cm³/mol. The lowest BCUT2D eigenvalue weighted by Crippen LogP contribution is -2.52. The lowest BCUT2D eigenvalue weighted by atomic mass is 10.1. The highest BCUT2D eigenvalue weighted by atomic mass is 32.2. The van der Waals surface area contributed by atoms with Gasteiger partial charge >= 0.3 is 0 Å². The number of anilines is 1. The number of hydrogen-bond donors (Lipinski definition) is 1. The van der Waals surface area contributed by atoms with Crippen molar-refractivity contribution in [2.24, 2.45) is 0 Å². The fourth-order valence-corrected chi connectivity index (χ4v) is 5.59. The van der Waals surface area contributed by atoms with Gasteiger partial charge in [0.15, 0.2) is 0 Å². The monoisotopic (exact) mass is 579 g/mol. The van der Waals surface area contributed by atoms with Crippen LogP contribution >= 0.6 is 0 Å². The predicted octanol–water partition coefficient (Wildman–Crippen LogP) is 5.23. The van der Waals surface area contributed by atoms with Gasteiger partial charge in [-0.15, -0.1) is 0 Å². The first-order valence-electron chi connectivity index (χ1n) is 13.9. The lowest BCUT2D eigenvalue weighted by molar-refractivity contribution is -0.139. The summed E-state index contributed by atoms with van der Waals surface area (Å²) in [7, 11) is -4.13. The number of amides is 2. The van der Waals surface area contributed by atoms with Gasteiger partial charge in [0.2, 0.25) is 11.8 Å². The van der Waals surface area contributed by atoms with E-state index in [4.69, 9.17) is 4.74 Å². The Morgan fingerprint density at radius 2 is 1.41 bits per heavy atom. The molecule has 0 saturated heterocycles. The molecular weight excluding hydrogens is 538 g/mol. The van der Waals surface area contributed by atoms with Crippen LogP contribution in [0.15, 0.2) is 77.7 Å².